The van der Waals surface area contributed by atoms with Crippen LogP contribution in [0.4, 0.5) is 0 Å². The number of carbonyl (C=O) groups is 1. The van der Waals surface area contributed by atoms with Crippen molar-refractivity contribution in [2.24, 2.45) is 0 Å². The molecular formula is C16H22N2O2S. The van der Waals surface area contributed by atoms with Gasteiger partial charge in [0, 0.05) is 24.6 Å². The minimum atomic E-state index is -0.400. The van der Waals surface area contributed by atoms with Crippen LogP contribution in [0.5, 0.6) is 0 Å². The molecule has 1 aromatic rings. The largest absolute Gasteiger partial charge is 0.394 e. The fourth-order valence-corrected chi connectivity index (χ4v) is 3.37. The fourth-order valence-electron chi connectivity index (χ4n) is 2.44. The first-order valence-electron chi connectivity index (χ1n) is 7.16. The monoisotopic (exact) mass is 306 g/mol. The van der Waals surface area contributed by atoms with Crippen LogP contribution in [0.25, 0.3) is 0 Å². The average Bonchev–Trinajstić information content (AvgIpc) is 2.55. The highest BCUT2D eigenvalue weighted by molar-refractivity contribution is 7.99. The Labute approximate surface area is 130 Å². The van der Waals surface area contributed by atoms with Crippen LogP contribution in [0.15, 0.2) is 43.0 Å². The van der Waals surface area contributed by atoms with Crippen molar-refractivity contribution < 1.29 is 9.90 Å². The summed E-state index contributed by atoms with van der Waals surface area (Å²) in [5.41, 5.74) is 0.989. The molecule has 0 aliphatic carbocycles. The smallest absolute Gasteiger partial charge is 0.242 e. The number of thioether (sulfide) groups is 1. The number of aliphatic hydroxyl groups excluding tert-OH is 1. The Morgan fingerprint density at radius 3 is 2.62 bits per heavy atom. The first-order chi connectivity index (χ1) is 10.3. The van der Waals surface area contributed by atoms with Gasteiger partial charge in [-0.2, -0.15) is 11.8 Å². The number of nitrogens with zero attached hydrogens (tertiary/aromatic N) is 1. The summed E-state index contributed by atoms with van der Waals surface area (Å²) in [6, 6.07) is 9.10. The van der Waals surface area contributed by atoms with Crippen molar-refractivity contribution in [3.8, 4) is 0 Å². The van der Waals surface area contributed by atoms with Gasteiger partial charge in [-0.3, -0.25) is 9.69 Å². The molecule has 1 aliphatic heterocycles. The lowest BCUT2D eigenvalue weighted by molar-refractivity contribution is -0.127. The van der Waals surface area contributed by atoms with Crippen molar-refractivity contribution in [3.05, 3.63) is 48.6 Å². The molecule has 2 rings (SSSR count). The van der Waals surface area contributed by atoms with E-state index < -0.39 is 6.04 Å². The van der Waals surface area contributed by atoms with Gasteiger partial charge < -0.3 is 10.4 Å². The Morgan fingerprint density at radius 2 is 2.05 bits per heavy atom. The van der Waals surface area contributed by atoms with Gasteiger partial charge in [-0.1, -0.05) is 36.4 Å². The summed E-state index contributed by atoms with van der Waals surface area (Å²) in [4.78, 5) is 14.9. The molecule has 1 aromatic carbocycles. The Kier molecular flexibility index (Phi) is 6.29. The number of hydrogen-bond acceptors (Lipinski definition) is 4. The molecule has 0 radical (unpaired) electrons. The van der Waals surface area contributed by atoms with Crippen molar-refractivity contribution in [1.29, 1.82) is 0 Å². The molecule has 0 spiro atoms. The summed E-state index contributed by atoms with van der Waals surface area (Å²) >= 11 is 1.92. The Bertz CT molecular complexity index is 461. The van der Waals surface area contributed by atoms with E-state index in [-0.39, 0.29) is 18.6 Å². The predicted octanol–water partition coefficient (Wildman–Crippen LogP) is 1.44. The van der Waals surface area contributed by atoms with Crippen molar-refractivity contribution in [3.63, 3.8) is 0 Å². The zero-order valence-electron chi connectivity index (χ0n) is 12.1. The molecule has 1 heterocycles. The summed E-state index contributed by atoms with van der Waals surface area (Å²) in [6.45, 7) is 5.30. The molecule has 114 valence electrons. The van der Waals surface area contributed by atoms with Crippen molar-refractivity contribution in [2.75, 3.05) is 31.2 Å². The summed E-state index contributed by atoms with van der Waals surface area (Å²) < 4.78 is 0. The first kappa shape index (κ1) is 16.1. The van der Waals surface area contributed by atoms with Gasteiger partial charge in [0.1, 0.15) is 6.04 Å². The molecule has 4 nitrogen and oxygen atoms in total. The maximum absolute atomic E-state index is 12.7. The molecule has 0 unspecified atom stereocenters. The number of nitrogens with one attached hydrogen (secondary N) is 1. The summed E-state index contributed by atoms with van der Waals surface area (Å²) in [5, 5.41) is 12.1. The number of carbonyl (C=O) groups excluding carboxylic acids is 1. The maximum Gasteiger partial charge on any atom is 0.242 e. The van der Waals surface area contributed by atoms with E-state index in [2.05, 4.69) is 16.8 Å². The average molecular weight is 306 g/mol. The summed E-state index contributed by atoms with van der Waals surface area (Å²) in [6.07, 6.45) is 1.56. The van der Waals surface area contributed by atoms with Crippen molar-refractivity contribution in [2.45, 2.75) is 12.1 Å². The van der Waals surface area contributed by atoms with Crippen LogP contribution in [-0.2, 0) is 4.79 Å². The number of amides is 1. The lowest BCUT2D eigenvalue weighted by atomic mass is 10.0. The molecule has 0 bridgehead atoms. The second-order valence-corrected chi connectivity index (χ2v) is 6.22. The zero-order valence-corrected chi connectivity index (χ0v) is 12.9. The van der Waals surface area contributed by atoms with Crippen molar-refractivity contribution in [1.82, 2.24) is 10.2 Å². The molecule has 1 saturated heterocycles. The third-order valence-corrected chi connectivity index (χ3v) is 4.53. The molecule has 2 atom stereocenters. The molecule has 21 heavy (non-hydrogen) atoms. The number of benzene rings is 1. The Hall–Kier alpha value is -1.30. The molecule has 5 heteroatoms. The SMILES string of the molecule is C=C[C@@H](CO)NC(=O)[C@@H](c1ccccc1)N1CCSCC1. The van der Waals surface area contributed by atoms with Gasteiger partial charge in [-0.05, 0) is 5.56 Å². The van der Waals surface area contributed by atoms with Crippen LogP contribution in [0.3, 0.4) is 0 Å². The quantitative estimate of drug-likeness (QED) is 0.781. The molecule has 0 saturated carbocycles. The number of hydrogen-bond donors (Lipinski definition) is 2. The lowest BCUT2D eigenvalue weighted by Gasteiger charge is -2.34. The number of aliphatic hydroxyl groups is 1. The van der Waals surface area contributed by atoms with Gasteiger partial charge in [0.05, 0.1) is 12.6 Å². The van der Waals surface area contributed by atoms with E-state index in [0.29, 0.717) is 0 Å². The van der Waals surface area contributed by atoms with Gasteiger partial charge in [0.15, 0.2) is 0 Å². The normalized spacial score (nSPS) is 18.7. The predicted molar refractivity (Wildman–Crippen MR) is 87.3 cm³/mol. The van der Waals surface area contributed by atoms with Crippen LogP contribution >= 0.6 is 11.8 Å². The third kappa shape index (κ3) is 4.33. The molecular weight excluding hydrogens is 284 g/mol. The highest BCUT2D eigenvalue weighted by Gasteiger charge is 2.29. The molecule has 1 fully saturated rings. The topological polar surface area (TPSA) is 52.6 Å². The van der Waals surface area contributed by atoms with Crippen molar-refractivity contribution >= 4 is 17.7 Å². The molecule has 0 aromatic heterocycles. The second kappa shape index (κ2) is 8.22. The van der Waals surface area contributed by atoms with Gasteiger partial charge in [-0.25, -0.2) is 0 Å². The van der Waals surface area contributed by atoms with E-state index in [1.165, 1.54) is 0 Å². The van der Waals surface area contributed by atoms with Gasteiger partial charge in [0.2, 0.25) is 5.91 Å². The van der Waals surface area contributed by atoms with Gasteiger partial charge in [-0.15, -0.1) is 6.58 Å². The van der Waals surface area contributed by atoms with Crippen LogP contribution in [0.2, 0.25) is 0 Å². The minimum absolute atomic E-state index is 0.0768. The van der Waals surface area contributed by atoms with Crippen LogP contribution < -0.4 is 5.32 Å². The van der Waals surface area contributed by atoms with E-state index in [4.69, 9.17) is 0 Å². The Balaban J connectivity index is 2.18. The minimum Gasteiger partial charge on any atom is -0.394 e. The maximum atomic E-state index is 12.7. The first-order valence-corrected chi connectivity index (χ1v) is 8.32. The Morgan fingerprint density at radius 1 is 1.38 bits per heavy atom. The standard InChI is InChI=1S/C16H22N2O2S/c1-2-14(12-19)17-16(20)15(13-6-4-3-5-7-13)18-8-10-21-11-9-18/h2-7,14-15,19H,1,8-12H2,(H,17,20)/t14-,15+/m0/s1. The van der Waals surface area contributed by atoms with Crippen LogP contribution in [0.1, 0.15) is 11.6 Å². The zero-order chi connectivity index (χ0) is 15.1. The van der Waals surface area contributed by atoms with E-state index in [0.717, 1.165) is 30.2 Å². The van der Waals surface area contributed by atoms with Gasteiger partial charge >= 0.3 is 0 Å². The second-order valence-electron chi connectivity index (χ2n) is 4.99. The number of rotatable bonds is 6. The summed E-state index contributed by atoms with van der Waals surface area (Å²) in [5.74, 6) is 2.01. The molecule has 1 amide bonds. The third-order valence-electron chi connectivity index (χ3n) is 3.58. The highest BCUT2D eigenvalue weighted by atomic mass is 32.2. The summed E-state index contributed by atoms with van der Waals surface area (Å²) in [7, 11) is 0. The van der Waals surface area contributed by atoms with Gasteiger partial charge in [0.25, 0.3) is 0 Å². The fraction of sp³-hybridized carbons (Fsp3) is 0.438. The van der Waals surface area contributed by atoms with E-state index in [1.807, 2.05) is 42.1 Å². The van der Waals surface area contributed by atoms with E-state index in [1.54, 1.807) is 6.08 Å². The van der Waals surface area contributed by atoms with E-state index >= 15 is 0 Å². The van der Waals surface area contributed by atoms with Crippen LogP contribution in [-0.4, -0.2) is 53.2 Å². The molecule has 1 aliphatic rings. The lowest BCUT2D eigenvalue weighted by Crippen LogP contribution is -2.47. The molecule has 2 N–H and O–H groups in total. The van der Waals surface area contributed by atoms with Crippen LogP contribution in [0, 0.1) is 0 Å². The van der Waals surface area contributed by atoms with E-state index in [9.17, 15) is 9.90 Å². The highest BCUT2D eigenvalue weighted by Crippen LogP contribution is 2.24.